The number of morpholine rings is 1. The zero-order valence-corrected chi connectivity index (χ0v) is 11.4. The summed E-state index contributed by atoms with van der Waals surface area (Å²) in [5.74, 6) is -0.133. The molecule has 0 radical (unpaired) electrons. The number of nitrogens with two attached hydrogens (primary N) is 1. The van der Waals surface area contributed by atoms with E-state index in [0.29, 0.717) is 18.9 Å². The molecule has 2 N–H and O–H groups in total. The van der Waals surface area contributed by atoms with E-state index >= 15 is 0 Å². The van der Waals surface area contributed by atoms with Gasteiger partial charge in [0.05, 0.1) is 18.9 Å². The minimum Gasteiger partial charge on any atom is -0.378 e. The van der Waals surface area contributed by atoms with Crippen LogP contribution >= 0.6 is 0 Å². The predicted octanol–water partition coefficient (Wildman–Crippen LogP) is 2.04. The van der Waals surface area contributed by atoms with E-state index in [1.807, 2.05) is 24.0 Å². The van der Waals surface area contributed by atoms with Crippen molar-refractivity contribution in [1.82, 2.24) is 0 Å². The van der Waals surface area contributed by atoms with Crippen molar-refractivity contribution in [1.29, 1.82) is 0 Å². The Morgan fingerprint density at radius 3 is 2.53 bits per heavy atom. The highest BCUT2D eigenvalue weighted by molar-refractivity contribution is 5.51. The fourth-order valence-corrected chi connectivity index (χ4v) is 3.02. The van der Waals surface area contributed by atoms with Crippen molar-refractivity contribution in [2.75, 3.05) is 31.2 Å². The number of halogens is 1. The summed E-state index contributed by atoms with van der Waals surface area (Å²) < 4.78 is 19.6. The first kappa shape index (κ1) is 12.9. The Kier molecular flexibility index (Phi) is 3.23. The van der Waals surface area contributed by atoms with Gasteiger partial charge < -0.3 is 15.4 Å². The SMILES string of the molecule is CC(N)C1(c2ccc(N3CCOCC3)c(F)c2)CC1. The van der Waals surface area contributed by atoms with Crippen molar-refractivity contribution < 1.29 is 9.13 Å². The van der Waals surface area contributed by atoms with Gasteiger partial charge in [-0.05, 0) is 37.5 Å². The van der Waals surface area contributed by atoms with Gasteiger partial charge in [-0.25, -0.2) is 4.39 Å². The van der Waals surface area contributed by atoms with Crippen LogP contribution in [-0.2, 0) is 10.2 Å². The molecule has 2 aliphatic rings. The van der Waals surface area contributed by atoms with Gasteiger partial charge in [0.2, 0.25) is 0 Å². The predicted molar refractivity (Wildman–Crippen MR) is 74.0 cm³/mol. The quantitative estimate of drug-likeness (QED) is 0.908. The minimum atomic E-state index is -0.133. The Labute approximate surface area is 113 Å². The number of nitrogens with zero attached hydrogens (tertiary/aromatic N) is 1. The molecular formula is C15H21FN2O. The molecule has 4 heteroatoms. The molecule has 1 heterocycles. The molecule has 1 saturated carbocycles. The number of rotatable bonds is 3. The molecule has 1 aliphatic heterocycles. The summed E-state index contributed by atoms with van der Waals surface area (Å²) in [4.78, 5) is 2.05. The fraction of sp³-hybridized carbons (Fsp3) is 0.600. The number of ether oxygens (including phenoxy) is 1. The molecular weight excluding hydrogens is 243 g/mol. The van der Waals surface area contributed by atoms with Crippen molar-refractivity contribution in [3.8, 4) is 0 Å². The van der Waals surface area contributed by atoms with E-state index in [-0.39, 0.29) is 17.3 Å². The van der Waals surface area contributed by atoms with Crippen LogP contribution in [0.3, 0.4) is 0 Å². The maximum atomic E-state index is 14.3. The fourth-order valence-electron chi connectivity index (χ4n) is 3.02. The highest BCUT2D eigenvalue weighted by Gasteiger charge is 2.47. The number of hydrogen-bond acceptors (Lipinski definition) is 3. The van der Waals surface area contributed by atoms with Gasteiger partial charge in [-0.2, -0.15) is 0 Å². The van der Waals surface area contributed by atoms with Crippen LogP contribution in [0.5, 0.6) is 0 Å². The topological polar surface area (TPSA) is 38.5 Å². The van der Waals surface area contributed by atoms with E-state index in [0.717, 1.165) is 31.5 Å². The smallest absolute Gasteiger partial charge is 0.146 e. The van der Waals surface area contributed by atoms with Gasteiger partial charge in [0.25, 0.3) is 0 Å². The first-order valence-corrected chi connectivity index (χ1v) is 7.02. The molecule has 3 nitrogen and oxygen atoms in total. The molecule has 0 spiro atoms. The zero-order valence-electron chi connectivity index (χ0n) is 11.4. The van der Waals surface area contributed by atoms with E-state index in [1.165, 1.54) is 0 Å². The lowest BCUT2D eigenvalue weighted by Gasteiger charge is -2.30. The summed E-state index contributed by atoms with van der Waals surface area (Å²) in [5.41, 5.74) is 7.80. The van der Waals surface area contributed by atoms with Crippen molar-refractivity contribution in [3.63, 3.8) is 0 Å². The van der Waals surface area contributed by atoms with Crippen LogP contribution in [0, 0.1) is 5.82 Å². The molecule has 1 aliphatic carbocycles. The van der Waals surface area contributed by atoms with Crippen molar-refractivity contribution in [2.24, 2.45) is 5.73 Å². The third kappa shape index (κ3) is 2.23. The molecule has 0 bridgehead atoms. The Bertz CT molecular complexity index is 465. The van der Waals surface area contributed by atoms with E-state index in [1.54, 1.807) is 6.07 Å². The van der Waals surface area contributed by atoms with E-state index in [2.05, 4.69) is 0 Å². The van der Waals surface area contributed by atoms with Crippen LogP contribution in [0.15, 0.2) is 18.2 Å². The summed E-state index contributed by atoms with van der Waals surface area (Å²) in [5, 5.41) is 0. The van der Waals surface area contributed by atoms with Crippen LogP contribution < -0.4 is 10.6 Å². The molecule has 1 atom stereocenters. The number of anilines is 1. The molecule has 1 aromatic carbocycles. The summed E-state index contributed by atoms with van der Waals surface area (Å²) in [6.45, 7) is 4.88. The maximum absolute atomic E-state index is 14.3. The largest absolute Gasteiger partial charge is 0.378 e. The van der Waals surface area contributed by atoms with Gasteiger partial charge in [0.15, 0.2) is 0 Å². The Balaban J connectivity index is 1.86. The van der Waals surface area contributed by atoms with Gasteiger partial charge >= 0.3 is 0 Å². The lowest BCUT2D eigenvalue weighted by molar-refractivity contribution is 0.122. The molecule has 0 aromatic heterocycles. The summed E-state index contributed by atoms with van der Waals surface area (Å²) in [6.07, 6.45) is 2.14. The van der Waals surface area contributed by atoms with E-state index in [4.69, 9.17) is 10.5 Å². The zero-order chi connectivity index (χ0) is 13.5. The van der Waals surface area contributed by atoms with Crippen LogP contribution in [0.1, 0.15) is 25.3 Å². The third-order valence-electron chi connectivity index (χ3n) is 4.53. The second-order valence-electron chi connectivity index (χ2n) is 5.71. The molecule has 19 heavy (non-hydrogen) atoms. The normalized spacial score (nSPS) is 23.2. The van der Waals surface area contributed by atoms with Crippen LogP contribution in [-0.4, -0.2) is 32.3 Å². The third-order valence-corrected chi connectivity index (χ3v) is 4.53. The lowest BCUT2D eigenvalue weighted by Crippen LogP contribution is -2.37. The highest BCUT2D eigenvalue weighted by atomic mass is 19.1. The first-order chi connectivity index (χ1) is 9.13. The van der Waals surface area contributed by atoms with Gasteiger partial charge in [0.1, 0.15) is 5.82 Å². The minimum absolute atomic E-state index is 0.0182. The van der Waals surface area contributed by atoms with Crippen molar-refractivity contribution in [2.45, 2.75) is 31.2 Å². The number of hydrogen-bond donors (Lipinski definition) is 1. The van der Waals surface area contributed by atoms with E-state index in [9.17, 15) is 4.39 Å². The van der Waals surface area contributed by atoms with Gasteiger partial charge in [-0.1, -0.05) is 6.07 Å². The standard InChI is InChI=1S/C15H21FN2O/c1-11(17)15(4-5-15)12-2-3-14(13(16)10-12)18-6-8-19-9-7-18/h2-3,10-11H,4-9,17H2,1H3. The van der Waals surface area contributed by atoms with E-state index < -0.39 is 0 Å². The second-order valence-corrected chi connectivity index (χ2v) is 5.71. The molecule has 1 unspecified atom stereocenters. The summed E-state index contributed by atoms with van der Waals surface area (Å²) in [6, 6.07) is 5.71. The van der Waals surface area contributed by atoms with Gasteiger partial charge in [-0.15, -0.1) is 0 Å². The highest BCUT2D eigenvalue weighted by Crippen LogP contribution is 2.50. The van der Waals surface area contributed by atoms with Crippen molar-refractivity contribution in [3.05, 3.63) is 29.6 Å². The van der Waals surface area contributed by atoms with Gasteiger partial charge in [-0.3, -0.25) is 0 Å². The molecule has 0 amide bonds. The van der Waals surface area contributed by atoms with Crippen LogP contribution in [0.25, 0.3) is 0 Å². The van der Waals surface area contributed by atoms with Crippen LogP contribution in [0.2, 0.25) is 0 Å². The average Bonchev–Trinajstić information content (AvgIpc) is 3.21. The Morgan fingerprint density at radius 1 is 1.32 bits per heavy atom. The summed E-state index contributed by atoms with van der Waals surface area (Å²) in [7, 11) is 0. The molecule has 2 fully saturated rings. The van der Waals surface area contributed by atoms with Gasteiger partial charge in [0, 0.05) is 24.5 Å². The average molecular weight is 264 g/mol. The maximum Gasteiger partial charge on any atom is 0.146 e. The molecule has 3 rings (SSSR count). The lowest BCUT2D eigenvalue weighted by atomic mass is 9.89. The Morgan fingerprint density at radius 2 is 2.00 bits per heavy atom. The second kappa shape index (κ2) is 4.76. The summed E-state index contributed by atoms with van der Waals surface area (Å²) >= 11 is 0. The molecule has 1 saturated heterocycles. The Hall–Kier alpha value is -1.13. The monoisotopic (exact) mass is 264 g/mol. The molecule has 104 valence electrons. The van der Waals surface area contributed by atoms with Crippen LogP contribution in [0.4, 0.5) is 10.1 Å². The molecule has 1 aromatic rings. The van der Waals surface area contributed by atoms with Crippen molar-refractivity contribution >= 4 is 5.69 Å². The number of benzene rings is 1. The first-order valence-electron chi connectivity index (χ1n) is 7.02.